The van der Waals surface area contributed by atoms with Gasteiger partial charge in [0.1, 0.15) is 6.23 Å². The van der Waals surface area contributed by atoms with E-state index in [1.54, 1.807) is 11.8 Å². The maximum absolute atomic E-state index is 10.0. The molecule has 9 nitrogen and oxygen atoms in total. The van der Waals surface area contributed by atoms with Gasteiger partial charge in [0.05, 0.1) is 10.8 Å². The molecule has 2 unspecified atom stereocenters. The number of guanidine groups is 2. The Morgan fingerprint density at radius 3 is 2.70 bits per heavy atom. The minimum atomic E-state index is -0.532. The molecular weight excluding hydrogens is 541 g/mol. The van der Waals surface area contributed by atoms with Crippen molar-refractivity contribution < 1.29 is 5.11 Å². The normalized spacial score (nSPS) is 19.2. The highest BCUT2D eigenvalue weighted by atomic mass is 32.2. The van der Waals surface area contributed by atoms with Gasteiger partial charge in [-0.05, 0) is 46.0 Å². The van der Waals surface area contributed by atoms with Crippen molar-refractivity contribution in [1.29, 1.82) is 0 Å². The highest BCUT2D eigenvalue weighted by Crippen LogP contribution is 2.33. The van der Waals surface area contributed by atoms with Gasteiger partial charge in [0.2, 0.25) is 17.1 Å². The number of thioether (sulfide) groups is 1. The number of piperazine rings is 1. The molecule has 2 fully saturated rings. The summed E-state index contributed by atoms with van der Waals surface area (Å²) >= 11 is 3.26. The third kappa shape index (κ3) is 9.65. The minimum Gasteiger partial charge on any atom is -0.372 e. The van der Waals surface area contributed by atoms with Crippen LogP contribution in [0.1, 0.15) is 33.1 Å². The molecule has 1 saturated carbocycles. The Hall–Kier alpha value is -2.86. The van der Waals surface area contributed by atoms with Crippen LogP contribution in [0.4, 0.5) is 5.13 Å². The summed E-state index contributed by atoms with van der Waals surface area (Å²) < 4.78 is 0. The molecule has 40 heavy (non-hydrogen) atoms. The van der Waals surface area contributed by atoms with Crippen molar-refractivity contribution in [3.05, 3.63) is 48.7 Å². The van der Waals surface area contributed by atoms with Crippen LogP contribution in [0.5, 0.6) is 0 Å². The van der Waals surface area contributed by atoms with Crippen LogP contribution in [-0.4, -0.2) is 94.8 Å². The first kappa shape index (κ1) is 30.1. The van der Waals surface area contributed by atoms with E-state index in [1.165, 1.54) is 11.3 Å². The number of aliphatic imine (C=N–C) groups is 4. The Bertz CT molecular complexity index is 1210. The topological polar surface area (TPSA) is 101 Å². The highest BCUT2D eigenvalue weighted by Gasteiger charge is 2.29. The number of aliphatic hydroxyl groups is 1. The predicted octanol–water partition coefficient (Wildman–Crippen LogP) is 4.91. The largest absolute Gasteiger partial charge is 0.372 e. The maximum Gasteiger partial charge on any atom is 0.231 e. The third-order valence-electron chi connectivity index (χ3n) is 6.70. The Morgan fingerprint density at radius 1 is 1.25 bits per heavy atom. The lowest BCUT2D eigenvalue weighted by Gasteiger charge is -2.34. The zero-order valence-corrected chi connectivity index (χ0v) is 25.2. The molecule has 11 heteroatoms. The fourth-order valence-corrected chi connectivity index (χ4v) is 5.51. The third-order valence-corrected chi connectivity index (χ3v) is 8.60. The summed E-state index contributed by atoms with van der Waals surface area (Å²) in [4.78, 5) is 28.2. The number of hydrogen-bond donors (Lipinski definition) is 2. The van der Waals surface area contributed by atoms with Crippen LogP contribution in [0.3, 0.4) is 0 Å². The van der Waals surface area contributed by atoms with E-state index in [1.807, 2.05) is 31.3 Å². The van der Waals surface area contributed by atoms with E-state index in [2.05, 4.69) is 80.1 Å². The van der Waals surface area contributed by atoms with Crippen LogP contribution in [0.2, 0.25) is 0 Å². The van der Waals surface area contributed by atoms with E-state index in [0.717, 1.165) is 67.6 Å². The van der Waals surface area contributed by atoms with Crippen molar-refractivity contribution in [3.63, 3.8) is 0 Å². The van der Waals surface area contributed by atoms with E-state index in [4.69, 9.17) is 4.99 Å². The lowest BCUT2D eigenvalue weighted by atomic mass is 10.2. The number of hydrogen-bond acceptors (Lipinski definition) is 8. The Morgan fingerprint density at radius 2 is 2.00 bits per heavy atom. The molecule has 4 rings (SSSR count). The van der Waals surface area contributed by atoms with Gasteiger partial charge in [0, 0.05) is 55.7 Å². The summed E-state index contributed by atoms with van der Waals surface area (Å²) in [6, 6.07) is 10.2. The number of nitrogens with one attached hydrogen (secondary N) is 1. The van der Waals surface area contributed by atoms with Crippen molar-refractivity contribution >= 4 is 52.6 Å². The molecule has 2 heterocycles. The predicted molar refractivity (Wildman–Crippen MR) is 171 cm³/mol. The molecule has 2 atom stereocenters. The van der Waals surface area contributed by atoms with Crippen molar-refractivity contribution in [2.45, 2.75) is 44.6 Å². The van der Waals surface area contributed by atoms with Gasteiger partial charge in [-0.1, -0.05) is 53.8 Å². The van der Waals surface area contributed by atoms with Crippen LogP contribution in [0.25, 0.3) is 10.4 Å². The van der Waals surface area contributed by atoms with E-state index >= 15 is 0 Å². The Kier molecular flexibility index (Phi) is 11.5. The van der Waals surface area contributed by atoms with E-state index in [-0.39, 0.29) is 5.25 Å². The zero-order chi connectivity index (χ0) is 28.3. The average molecular weight is 581 g/mol. The van der Waals surface area contributed by atoms with Crippen molar-refractivity contribution in [3.8, 4) is 10.4 Å². The standard InChI is InChI=1S/C29H40N8OS2/c1-21(33-26(38)24-13-14-24)9-8-10-22(2)39-20-32-28(37-17-15-36(4)16-18-37)34-27(30-3)35-29-31-19-25(40-29)23-11-6-5-7-12-23/h5-8,10-12,19,22,24,26,38H,3,9,13-18,20H2,1-2,4H3,(H,31,32,34,35). The Balaban J connectivity index is 1.37. The second-order valence-electron chi connectivity index (χ2n) is 10.1. The van der Waals surface area contributed by atoms with Gasteiger partial charge in [-0.3, -0.25) is 10.3 Å². The second-order valence-corrected chi connectivity index (χ2v) is 12.5. The first-order valence-electron chi connectivity index (χ1n) is 13.7. The summed E-state index contributed by atoms with van der Waals surface area (Å²) in [6.45, 7) is 11.5. The van der Waals surface area contributed by atoms with Crippen LogP contribution in [0, 0.1) is 5.92 Å². The molecule has 0 amide bonds. The molecule has 1 aromatic carbocycles. The molecule has 1 aromatic heterocycles. The quantitative estimate of drug-likeness (QED) is 0.235. The summed E-state index contributed by atoms with van der Waals surface area (Å²) in [7, 11) is 2.13. The molecule has 2 aromatic rings. The monoisotopic (exact) mass is 580 g/mol. The minimum absolute atomic E-state index is 0.288. The molecule has 1 saturated heterocycles. The highest BCUT2D eigenvalue weighted by molar-refractivity contribution is 8.00. The van der Waals surface area contributed by atoms with Gasteiger partial charge in [-0.15, -0.1) is 11.8 Å². The van der Waals surface area contributed by atoms with Gasteiger partial charge >= 0.3 is 0 Å². The van der Waals surface area contributed by atoms with E-state index in [9.17, 15) is 5.11 Å². The smallest absolute Gasteiger partial charge is 0.231 e. The lowest BCUT2D eigenvalue weighted by molar-refractivity contribution is 0.161. The maximum atomic E-state index is 10.0. The number of aliphatic hydroxyl groups excluding tert-OH is 1. The fraction of sp³-hybridized carbons (Fsp3) is 0.483. The van der Waals surface area contributed by atoms with Crippen LogP contribution < -0.4 is 5.32 Å². The molecule has 2 aliphatic rings. The number of likely N-dealkylation sites (N-methyl/N-ethyl adjacent to an activating group) is 1. The number of allylic oxidation sites excluding steroid dienone is 1. The van der Waals surface area contributed by atoms with Gasteiger partial charge in [0.15, 0.2) is 0 Å². The fourth-order valence-electron chi connectivity index (χ4n) is 4.06. The molecule has 0 spiro atoms. The molecule has 0 bridgehead atoms. The van der Waals surface area contributed by atoms with Crippen molar-refractivity contribution in [1.82, 2.24) is 20.1 Å². The Labute approximate surface area is 246 Å². The van der Waals surface area contributed by atoms with Gasteiger partial charge < -0.3 is 14.9 Å². The summed E-state index contributed by atoms with van der Waals surface area (Å²) in [5.41, 5.74) is 2.08. The van der Waals surface area contributed by atoms with Crippen LogP contribution in [0.15, 0.2) is 68.7 Å². The zero-order valence-electron chi connectivity index (χ0n) is 23.6. The van der Waals surface area contributed by atoms with Gasteiger partial charge in [-0.25, -0.2) is 15.0 Å². The number of nitrogens with zero attached hydrogens (tertiary/aromatic N) is 7. The van der Waals surface area contributed by atoms with Gasteiger partial charge in [-0.2, -0.15) is 4.99 Å². The molecule has 2 N–H and O–H groups in total. The number of benzene rings is 1. The number of thiazole rings is 1. The molecule has 214 valence electrons. The number of aromatic nitrogens is 1. The summed E-state index contributed by atoms with van der Waals surface area (Å²) in [5, 5.41) is 14.2. The van der Waals surface area contributed by atoms with Crippen LogP contribution in [-0.2, 0) is 0 Å². The van der Waals surface area contributed by atoms with E-state index < -0.39 is 6.23 Å². The molecule has 1 aliphatic carbocycles. The van der Waals surface area contributed by atoms with Gasteiger partial charge in [0.25, 0.3) is 0 Å². The summed E-state index contributed by atoms with van der Waals surface area (Å²) in [6.07, 6.45) is 8.53. The van der Waals surface area contributed by atoms with Crippen molar-refractivity contribution in [2.75, 3.05) is 39.1 Å². The average Bonchev–Trinajstić information content (AvgIpc) is 3.71. The number of rotatable bonds is 10. The van der Waals surface area contributed by atoms with E-state index in [0.29, 0.717) is 22.9 Å². The first-order chi connectivity index (χ1) is 19.4. The second kappa shape index (κ2) is 15.2. The summed E-state index contributed by atoms with van der Waals surface area (Å²) in [5.74, 6) is 2.09. The lowest BCUT2D eigenvalue weighted by Crippen LogP contribution is -2.52. The molecular formula is C29H40N8OS2. The van der Waals surface area contributed by atoms with Crippen molar-refractivity contribution in [2.24, 2.45) is 25.9 Å². The SMILES string of the molecule is C=NC(=Nc1ncc(-c2ccccc2)s1)NC(=NCSC(C)C=CCC(C)=NC(O)C1CC1)N1CCN(C)CC1. The van der Waals surface area contributed by atoms with Crippen LogP contribution >= 0.6 is 23.1 Å². The first-order valence-corrected chi connectivity index (χ1v) is 15.6. The molecule has 1 aliphatic heterocycles. The molecule has 0 radical (unpaired) electrons.